The van der Waals surface area contributed by atoms with Crippen LogP contribution in [0.25, 0.3) is 27.5 Å². The van der Waals surface area contributed by atoms with Gasteiger partial charge in [0.1, 0.15) is 0 Å². The smallest absolute Gasteiger partial charge is 0.0782 e. The molecule has 0 spiro atoms. The van der Waals surface area contributed by atoms with Gasteiger partial charge in [-0.2, -0.15) is 0 Å². The van der Waals surface area contributed by atoms with E-state index in [4.69, 9.17) is 0 Å². The van der Waals surface area contributed by atoms with Gasteiger partial charge in [-0.3, -0.25) is 0 Å². The third-order valence-electron chi connectivity index (χ3n) is 16.8. The second-order valence-corrected chi connectivity index (χ2v) is 20.4. The summed E-state index contributed by atoms with van der Waals surface area (Å²) in [5.74, 6) is 3.66. The van der Waals surface area contributed by atoms with Crippen LogP contribution in [0, 0.1) is 23.7 Å². The molecule has 330 valence electrons. The van der Waals surface area contributed by atoms with E-state index >= 15 is 0 Å². The second kappa shape index (κ2) is 16.8. The maximum atomic E-state index is 2.55. The molecule has 0 radical (unpaired) electrons. The van der Waals surface area contributed by atoms with E-state index in [0.29, 0.717) is 17.8 Å². The molecule has 14 rings (SSSR count). The molecule has 67 heavy (non-hydrogen) atoms. The van der Waals surface area contributed by atoms with Crippen LogP contribution in [0.1, 0.15) is 86.8 Å². The summed E-state index contributed by atoms with van der Waals surface area (Å²) >= 11 is 0. The highest BCUT2D eigenvalue weighted by molar-refractivity contribution is 6.14. The average Bonchev–Trinajstić information content (AvgIpc) is 3.74. The number of benzene rings is 8. The molecule has 0 aliphatic heterocycles. The average molecular weight is 870 g/mol. The molecule has 0 saturated heterocycles. The largest absolute Gasteiger partial charge is 0.311 e. The molecule has 3 heteroatoms. The van der Waals surface area contributed by atoms with Crippen LogP contribution < -0.4 is 9.80 Å². The fourth-order valence-corrected chi connectivity index (χ4v) is 14.2. The first kappa shape index (κ1) is 40.4. The number of hydrogen-bond donors (Lipinski definition) is 0. The number of anilines is 6. The van der Waals surface area contributed by atoms with Crippen molar-refractivity contribution in [3.8, 4) is 5.69 Å². The van der Waals surface area contributed by atoms with E-state index in [0.717, 1.165) is 11.8 Å². The lowest BCUT2D eigenvalue weighted by Gasteiger charge is -2.62. The van der Waals surface area contributed by atoms with Gasteiger partial charge in [0.05, 0.1) is 16.7 Å². The standard InChI is InChI=1S/C64H59N3/c1-5-16-47(17-6-1)48-28-34-57(35-29-48)66(62-27-15-25-60-59-24-13-14-26-61(59)67(63(60)62)55-22-11-4-12-23-55)58-38-32-50(33-39-58)64(51-41-45-40-46(43-51)44-52(64)42-45)49-30-36-56(37-31-49)65(53-18-7-2-8-19-53)54-20-9-3-10-21-54/h2-4,7-15,18-39,45-47,51-52H,1,5-6,16-17,40-44H2. The Morgan fingerprint density at radius 1 is 0.388 bits per heavy atom. The van der Waals surface area contributed by atoms with Crippen molar-refractivity contribution < 1.29 is 0 Å². The van der Waals surface area contributed by atoms with E-state index in [1.54, 1.807) is 0 Å². The number of hydrogen-bond acceptors (Lipinski definition) is 2. The minimum absolute atomic E-state index is 0.0268. The van der Waals surface area contributed by atoms with Crippen LogP contribution in [0.5, 0.6) is 0 Å². The van der Waals surface area contributed by atoms with Gasteiger partial charge in [0.2, 0.25) is 0 Å². The number of fused-ring (bicyclic) bond motifs is 3. The first-order chi connectivity index (χ1) is 33.2. The monoisotopic (exact) mass is 869 g/mol. The lowest BCUT2D eigenvalue weighted by atomic mass is 9.42. The van der Waals surface area contributed by atoms with Gasteiger partial charge >= 0.3 is 0 Å². The van der Waals surface area contributed by atoms with Gasteiger partial charge in [0.15, 0.2) is 0 Å². The Kier molecular flexibility index (Phi) is 10.1. The summed E-state index contributed by atoms with van der Waals surface area (Å²) in [6.07, 6.45) is 13.4. The normalized spacial score (nSPS) is 22.3. The molecule has 0 N–H and O–H groups in total. The van der Waals surface area contributed by atoms with Crippen LogP contribution in [0.15, 0.2) is 206 Å². The molecule has 4 bridgehead atoms. The molecule has 5 aliphatic rings. The van der Waals surface area contributed by atoms with E-state index in [-0.39, 0.29) is 5.41 Å². The van der Waals surface area contributed by atoms with E-state index in [1.807, 2.05) is 0 Å². The summed E-state index contributed by atoms with van der Waals surface area (Å²) in [4.78, 5) is 4.95. The highest BCUT2D eigenvalue weighted by Crippen LogP contribution is 2.65. The van der Waals surface area contributed by atoms with Crippen molar-refractivity contribution in [2.45, 2.75) is 75.5 Å². The summed E-state index contributed by atoms with van der Waals surface area (Å²) in [6, 6.07) is 78.0. The molecule has 0 amide bonds. The van der Waals surface area contributed by atoms with Crippen molar-refractivity contribution in [2.75, 3.05) is 9.80 Å². The Labute approximate surface area is 396 Å². The van der Waals surface area contributed by atoms with Crippen molar-refractivity contribution in [1.29, 1.82) is 0 Å². The fraction of sp³-hybridized carbons (Fsp3) is 0.250. The molecule has 5 saturated carbocycles. The highest BCUT2D eigenvalue weighted by Gasteiger charge is 2.58. The lowest BCUT2D eigenvalue weighted by Crippen LogP contribution is -2.56. The predicted octanol–water partition coefficient (Wildman–Crippen LogP) is 17.5. The topological polar surface area (TPSA) is 11.4 Å². The van der Waals surface area contributed by atoms with Crippen molar-refractivity contribution in [3.05, 3.63) is 223 Å². The van der Waals surface area contributed by atoms with Crippen LogP contribution in [-0.2, 0) is 5.41 Å². The predicted molar refractivity (Wildman–Crippen MR) is 280 cm³/mol. The zero-order valence-corrected chi connectivity index (χ0v) is 38.4. The zero-order valence-electron chi connectivity index (χ0n) is 38.4. The molecule has 5 aliphatic carbocycles. The maximum Gasteiger partial charge on any atom is 0.0782 e. The Balaban J connectivity index is 0.956. The van der Waals surface area contributed by atoms with Gasteiger partial charge in [-0.25, -0.2) is 0 Å². The molecule has 8 aromatic carbocycles. The van der Waals surface area contributed by atoms with Gasteiger partial charge < -0.3 is 14.4 Å². The summed E-state index contributed by atoms with van der Waals surface area (Å²) in [5.41, 5.74) is 15.2. The lowest BCUT2D eigenvalue weighted by molar-refractivity contribution is -0.0418. The van der Waals surface area contributed by atoms with Gasteiger partial charge in [-0.15, -0.1) is 0 Å². The van der Waals surface area contributed by atoms with Crippen LogP contribution in [-0.4, -0.2) is 4.57 Å². The first-order valence-corrected chi connectivity index (χ1v) is 25.3. The minimum Gasteiger partial charge on any atom is -0.311 e. The zero-order chi connectivity index (χ0) is 44.3. The third-order valence-corrected chi connectivity index (χ3v) is 16.8. The molecule has 3 nitrogen and oxygen atoms in total. The van der Waals surface area contributed by atoms with E-state index in [9.17, 15) is 0 Å². The molecule has 1 heterocycles. The van der Waals surface area contributed by atoms with Gasteiger partial charge in [-0.05, 0) is 176 Å². The summed E-state index contributed by atoms with van der Waals surface area (Å²) in [5, 5.41) is 2.54. The van der Waals surface area contributed by atoms with E-state index in [1.165, 1.54) is 143 Å². The van der Waals surface area contributed by atoms with E-state index < -0.39 is 0 Å². The Morgan fingerprint density at radius 2 is 0.866 bits per heavy atom. The fourth-order valence-electron chi connectivity index (χ4n) is 14.2. The SMILES string of the molecule is c1ccc(N(c2ccccc2)c2ccc(C3(c4ccc(N(c5ccc(C6CCCCC6)cc5)c5cccc6c7ccccc7n(-c7ccccc7)c56)cc4)C4CC5CC(C4)CC3C5)cc2)cc1. The summed E-state index contributed by atoms with van der Waals surface area (Å²) < 4.78 is 2.49. The molecule has 5 fully saturated rings. The number of para-hydroxylation sites is 5. The van der Waals surface area contributed by atoms with Gasteiger partial charge in [0.25, 0.3) is 0 Å². The maximum absolute atomic E-state index is 2.55. The number of aromatic nitrogens is 1. The Bertz CT molecular complexity index is 3080. The molecular formula is C64H59N3. The number of rotatable bonds is 10. The van der Waals surface area contributed by atoms with Crippen LogP contribution >= 0.6 is 0 Å². The molecule has 0 atom stereocenters. The highest BCUT2D eigenvalue weighted by atomic mass is 15.2. The third kappa shape index (κ3) is 6.84. The molecular weight excluding hydrogens is 811 g/mol. The number of nitrogens with zero attached hydrogens (tertiary/aromatic N) is 3. The molecule has 9 aromatic rings. The van der Waals surface area contributed by atoms with Crippen LogP contribution in [0.4, 0.5) is 34.1 Å². The second-order valence-electron chi connectivity index (χ2n) is 20.4. The minimum atomic E-state index is -0.0268. The van der Waals surface area contributed by atoms with Crippen molar-refractivity contribution in [2.24, 2.45) is 23.7 Å². The summed E-state index contributed by atoms with van der Waals surface area (Å²) in [6.45, 7) is 0. The Morgan fingerprint density at radius 3 is 1.45 bits per heavy atom. The van der Waals surface area contributed by atoms with Crippen molar-refractivity contribution in [3.63, 3.8) is 0 Å². The van der Waals surface area contributed by atoms with Crippen LogP contribution in [0.2, 0.25) is 0 Å². The Hall–Kier alpha value is -6.84. The quantitative estimate of drug-likeness (QED) is 0.136. The first-order valence-electron chi connectivity index (χ1n) is 25.3. The van der Waals surface area contributed by atoms with Gasteiger partial charge in [0, 0.05) is 50.3 Å². The van der Waals surface area contributed by atoms with Crippen molar-refractivity contribution >= 4 is 55.9 Å². The summed E-state index contributed by atoms with van der Waals surface area (Å²) in [7, 11) is 0. The van der Waals surface area contributed by atoms with E-state index in [2.05, 4.69) is 221 Å². The molecule has 0 unspecified atom stereocenters. The van der Waals surface area contributed by atoms with Crippen molar-refractivity contribution in [1.82, 2.24) is 4.57 Å². The van der Waals surface area contributed by atoms with Gasteiger partial charge in [-0.1, -0.05) is 141 Å². The van der Waals surface area contributed by atoms with Crippen LogP contribution in [0.3, 0.4) is 0 Å². The molecule has 1 aromatic heterocycles.